The zero-order valence-corrected chi connectivity index (χ0v) is 35.1. The van der Waals surface area contributed by atoms with E-state index in [9.17, 15) is 39.8 Å². The molecule has 13 heteroatoms. The number of aliphatic hydroxyl groups is 5. The van der Waals surface area contributed by atoms with Crippen molar-refractivity contribution in [3.05, 3.63) is 24.3 Å². The predicted molar refractivity (Wildman–Crippen MR) is 216 cm³/mol. The van der Waals surface area contributed by atoms with E-state index in [0.717, 1.165) is 57.8 Å². The molecule has 1 aliphatic carbocycles. The highest BCUT2D eigenvalue weighted by atomic mass is 31.2. The molecule has 1 saturated carbocycles. The Morgan fingerprint density at radius 1 is 0.582 bits per heavy atom. The minimum atomic E-state index is -5.01. The van der Waals surface area contributed by atoms with Crippen LogP contribution in [-0.2, 0) is 27.9 Å². The number of ether oxygens (including phenoxy) is 2. The summed E-state index contributed by atoms with van der Waals surface area (Å²) in [5.74, 6) is -0.485. The maximum atomic E-state index is 12.8. The molecule has 324 valence electrons. The van der Waals surface area contributed by atoms with Gasteiger partial charge in [0.1, 0.15) is 42.7 Å². The molecular formula is C42H79O12P. The van der Waals surface area contributed by atoms with Gasteiger partial charge in [-0.05, 0) is 44.9 Å². The summed E-state index contributed by atoms with van der Waals surface area (Å²) in [6.07, 6.45) is 23.9. The Kier molecular flexibility index (Phi) is 31.8. The number of hydrogen-bond acceptors (Lipinski definition) is 11. The van der Waals surface area contributed by atoms with Crippen LogP contribution in [0.5, 0.6) is 0 Å². The van der Waals surface area contributed by atoms with Crippen molar-refractivity contribution in [2.75, 3.05) is 19.8 Å². The zero-order valence-electron chi connectivity index (χ0n) is 34.2. The van der Waals surface area contributed by atoms with Crippen LogP contribution in [0.25, 0.3) is 0 Å². The lowest BCUT2D eigenvalue weighted by molar-refractivity contribution is -0.220. The number of unbranched alkanes of at least 4 members (excludes halogenated alkanes) is 20. The molecule has 0 aromatic rings. The molecule has 6 unspecified atom stereocenters. The standard InChI is InChI=1S/C42H79O12P/c1-3-5-7-9-11-13-15-16-17-18-19-20-21-23-25-27-29-31-36(43)53-35(33-51-32-30-28-26-24-22-14-12-10-8-6-4-2)34-52-55(49,50)54-42-40(47)38(45)37(44)39(46)41(42)48/h11,13,16-17,35,37-42,44-48H,3-10,12,14-15,18-34H2,1-2H3,(H,49,50)/b13-11-,17-16-. The van der Waals surface area contributed by atoms with Gasteiger partial charge >= 0.3 is 13.8 Å². The average molecular weight is 807 g/mol. The Bertz CT molecular complexity index is 1010. The fraction of sp³-hybridized carbons (Fsp3) is 0.881. The minimum absolute atomic E-state index is 0.0767. The van der Waals surface area contributed by atoms with Crippen LogP contribution in [0.4, 0.5) is 0 Å². The summed E-state index contributed by atoms with van der Waals surface area (Å²) in [4.78, 5) is 23.1. The fourth-order valence-electron chi connectivity index (χ4n) is 6.56. The number of carbonyl (C=O) groups excluding carboxylic acids is 1. The molecule has 1 rings (SSSR count). The number of esters is 1. The molecule has 0 aromatic carbocycles. The second-order valence-electron chi connectivity index (χ2n) is 15.2. The van der Waals surface area contributed by atoms with Gasteiger partial charge in [0.05, 0.1) is 13.2 Å². The van der Waals surface area contributed by atoms with Crippen molar-refractivity contribution in [3.8, 4) is 0 Å². The number of phosphoric ester groups is 1. The zero-order chi connectivity index (χ0) is 40.6. The second kappa shape index (κ2) is 33.8. The van der Waals surface area contributed by atoms with E-state index in [1.54, 1.807) is 0 Å². The first-order valence-electron chi connectivity index (χ1n) is 21.7. The lowest BCUT2D eigenvalue weighted by Gasteiger charge is -2.41. The summed E-state index contributed by atoms with van der Waals surface area (Å²) in [5.41, 5.74) is 0. The first kappa shape index (κ1) is 51.8. The third-order valence-electron chi connectivity index (χ3n) is 10.1. The maximum Gasteiger partial charge on any atom is 0.472 e. The van der Waals surface area contributed by atoms with E-state index in [-0.39, 0.29) is 13.0 Å². The Morgan fingerprint density at radius 3 is 1.56 bits per heavy atom. The van der Waals surface area contributed by atoms with Crippen LogP contribution in [0, 0.1) is 0 Å². The molecule has 0 saturated heterocycles. The van der Waals surface area contributed by atoms with Crippen molar-refractivity contribution in [2.45, 2.75) is 217 Å². The van der Waals surface area contributed by atoms with Crippen molar-refractivity contribution in [1.29, 1.82) is 0 Å². The third-order valence-corrected chi connectivity index (χ3v) is 11.1. The number of aliphatic hydroxyl groups excluding tert-OH is 5. The normalized spacial score (nSPS) is 23.4. The summed E-state index contributed by atoms with van der Waals surface area (Å²) < 4.78 is 34.1. The Balaban J connectivity index is 2.42. The van der Waals surface area contributed by atoms with Gasteiger partial charge in [0.15, 0.2) is 0 Å². The average Bonchev–Trinajstić information content (AvgIpc) is 3.17. The highest BCUT2D eigenvalue weighted by Crippen LogP contribution is 2.47. The molecule has 0 aliphatic heterocycles. The second-order valence-corrected chi connectivity index (χ2v) is 16.6. The minimum Gasteiger partial charge on any atom is -0.457 e. The Labute approximate surface area is 332 Å². The highest BCUT2D eigenvalue weighted by molar-refractivity contribution is 7.47. The molecule has 0 spiro atoms. The quantitative estimate of drug-likeness (QED) is 0.0154. The molecule has 0 amide bonds. The first-order chi connectivity index (χ1) is 26.5. The molecule has 0 aromatic heterocycles. The number of rotatable bonds is 36. The summed E-state index contributed by atoms with van der Waals surface area (Å²) in [6, 6.07) is 0. The molecule has 1 aliphatic rings. The lowest BCUT2D eigenvalue weighted by atomic mass is 9.85. The van der Waals surface area contributed by atoms with Crippen LogP contribution in [0.2, 0.25) is 0 Å². The van der Waals surface area contributed by atoms with E-state index in [0.29, 0.717) is 13.0 Å². The van der Waals surface area contributed by atoms with Gasteiger partial charge in [-0.15, -0.1) is 0 Å². The third kappa shape index (κ3) is 26.4. The van der Waals surface area contributed by atoms with E-state index in [4.69, 9.17) is 18.5 Å². The maximum absolute atomic E-state index is 12.8. The largest absolute Gasteiger partial charge is 0.472 e. The van der Waals surface area contributed by atoms with Gasteiger partial charge in [0.25, 0.3) is 0 Å². The van der Waals surface area contributed by atoms with Gasteiger partial charge in [-0.25, -0.2) is 4.57 Å². The van der Waals surface area contributed by atoms with Crippen molar-refractivity contribution in [3.63, 3.8) is 0 Å². The first-order valence-corrected chi connectivity index (χ1v) is 23.2. The SMILES string of the molecule is CCCCC/C=C\C/C=C\CCCCCCCCCC(=O)OC(COCCCCCCCCCCCCC)COP(=O)(O)OC1C(O)C(O)C(O)C(O)C1O. The molecule has 12 nitrogen and oxygen atoms in total. The Morgan fingerprint density at radius 2 is 1.02 bits per heavy atom. The van der Waals surface area contributed by atoms with E-state index < -0.39 is 63.1 Å². The van der Waals surface area contributed by atoms with E-state index in [2.05, 4.69) is 38.2 Å². The smallest absolute Gasteiger partial charge is 0.457 e. The summed E-state index contributed by atoms with van der Waals surface area (Å²) >= 11 is 0. The van der Waals surface area contributed by atoms with Crippen molar-refractivity contribution in [1.82, 2.24) is 0 Å². The van der Waals surface area contributed by atoms with Gasteiger partial charge in [-0.3, -0.25) is 13.8 Å². The van der Waals surface area contributed by atoms with Gasteiger partial charge in [0, 0.05) is 13.0 Å². The fourth-order valence-corrected chi connectivity index (χ4v) is 7.53. The molecule has 6 N–H and O–H groups in total. The van der Waals surface area contributed by atoms with E-state index in [1.165, 1.54) is 89.9 Å². The summed E-state index contributed by atoms with van der Waals surface area (Å²) in [7, 11) is -5.01. The molecule has 0 radical (unpaired) electrons. The van der Waals surface area contributed by atoms with Gasteiger partial charge < -0.3 is 39.9 Å². The van der Waals surface area contributed by atoms with Crippen molar-refractivity contribution >= 4 is 13.8 Å². The van der Waals surface area contributed by atoms with Gasteiger partial charge in [-0.2, -0.15) is 0 Å². The van der Waals surface area contributed by atoms with Crippen LogP contribution in [0.1, 0.15) is 174 Å². The molecule has 0 bridgehead atoms. The summed E-state index contributed by atoms with van der Waals surface area (Å²) in [5, 5.41) is 50.0. The van der Waals surface area contributed by atoms with Crippen LogP contribution in [0.15, 0.2) is 24.3 Å². The van der Waals surface area contributed by atoms with E-state index >= 15 is 0 Å². The number of allylic oxidation sites excluding steroid dienone is 4. The van der Waals surface area contributed by atoms with Crippen LogP contribution >= 0.6 is 7.82 Å². The molecule has 1 fully saturated rings. The molecule has 55 heavy (non-hydrogen) atoms. The number of phosphoric acid groups is 1. The van der Waals surface area contributed by atoms with Gasteiger partial charge in [0.2, 0.25) is 0 Å². The van der Waals surface area contributed by atoms with Crippen molar-refractivity contribution < 1.29 is 58.3 Å². The van der Waals surface area contributed by atoms with Crippen LogP contribution in [-0.4, -0.2) is 98.9 Å². The molecular weight excluding hydrogens is 727 g/mol. The van der Waals surface area contributed by atoms with Crippen LogP contribution < -0.4 is 0 Å². The van der Waals surface area contributed by atoms with Crippen LogP contribution in [0.3, 0.4) is 0 Å². The predicted octanol–water partition coefficient (Wildman–Crippen LogP) is 8.14. The molecule has 0 heterocycles. The topological polar surface area (TPSA) is 192 Å². The number of hydrogen-bond donors (Lipinski definition) is 6. The highest BCUT2D eigenvalue weighted by Gasteiger charge is 2.51. The lowest BCUT2D eigenvalue weighted by Crippen LogP contribution is -2.64. The van der Waals surface area contributed by atoms with Gasteiger partial charge in [-0.1, -0.05) is 147 Å². The summed E-state index contributed by atoms with van der Waals surface area (Å²) in [6.45, 7) is 4.21. The van der Waals surface area contributed by atoms with E-state index in [1.807, 2.05) is 0 Å². The number of carbonyl (C=O) groups is 1. The monoisotopic (exact) mass is 807 g/mol. The molecule has 6 atom stereocenters. The van der Waals surface area contributed by atoms with Crippen molar-refractivity contribution in [2.24, 2.45) is 0 Å². The Hall–Kier alpha value is -1.18.